The highest BCUT2D eigenvalue weighted by atomic mass is 32.2. The lowest BCUT2D eigenvalue weighted by Gasteiger charge is -2.29. The standard InChI is InChI=1S/C50H72N6O11S/c1-9-10-16-37(17-13-26-53-46(61)44(50(4,5)6)55-42(58)18-12-11-15-33(2)30-34(3)38-23-24-39(65-8)48(63)67-38)66-49(64)54-28-14-27-52-41(57)25-29-68-40-31-43(59)56(47(40)62)32-35-19-21-36(22-20-35)45(60)51-7/h11-13,15,18,24,26,30,34-38,40,44H,14,16-17,19-23,25,27-29,31-32H2,1-8H3,(H,51,60)(H,52,57)(H,53,61)(H,54,64)(H,55,58)/b15-11-,18-12-,26-13-,33-30+/t34-,35?,36?,37-,38-,40?,44+/m0/s1. The maximum Gasteiger partial charge on any atom is 0.407 e. The number of cyclic esters (lactones) is 1. The lowest BCUT2D eigenvalue weighted by molar-refractivity contribution is -0.151. The molecule has 2 fully saturated rings. The number of likely N-dealkylation sites (tertiary alicyclic amines) is 1. The molecule has 0 aromatic carbocycles. The largest absolute Gasteiger partial charge is 0.490 e. The fourth-order valence-corrected chi connectivity index (χ4v) is 8.91. The lowest BCUT2D eigenvalue weighted by atomic mass is 9.81. The van der Waals surface area contributed by atoms with Gasteiger partial charge in [-0.25, -0.2) is 9.59 Å². The van der Waals surface area contributed by atoms with Crippen LogP contribution < -0.4 is 26.6 Å². The first-order valence-electron chi connectivity index (χ1n) is 23.4. The smallest absolute Gasteiger partial charge is 0.407 e. The molecule has 0 bridgehead atoms. The molecule has 17 nitrogen and oxygen atoms in total. The second kappa shape index (κ2) is 29.1. The first-order chi connectivity index (χ1) is 32.4. The van der Waals surface area contributed by atoms with Crippen LogP contribution in [0.4, 0.5) is 4.79 Å². The summed E-state index contributed by atoms with van der Waals surface area (Å²) in [6.07, 6.45) is 16.6. The molecule has 5 atom stereocenters. The summed E-state index contributed by atoms with van der Waals surface area (Å²) in [5, 5.41) is 13.2. The number of methoxy groups -OCH3 is 1. The molecule has 5 N–H and O–H groups in total. The molecule has 0 aromatic rings. The van der Waals surface area contributed by atoms with Gasteiger partial charge in [0.25, 0.3) is 0 Å². The molecule has 0 spiro atoms. The van der Waals surface area contributed by atoms with Crippen molar-refractivity contribution in [1.29, 1.82) is 0 Å². The van der Waals surface area contributed by atoms with E-state index < -0.39 is 46.7 Å². The molecule has 1 saturated carbocycles. The number of alkyl carbamates (subject to hydrolysis) is 1. The van der Waals surface area contributed by atoms with E-state index in [-0.39, 0.29) is 85.5 Å². The van der Waals surface area contributed by atoms with Crippen LogP contribution in [-0.4, -0.2) is 115 Å². The molecule has 1 saturated heterocycles. The maximum atomic E-state index is 13.2. The second-order valence-corrected chi connectivity index (χ2v) is 19.5. The van der Waals surface area contributed by atoms with E-state index in [0.29, 0.717) is 31.7 Å². The average molecular weight is 965 g/mol. The Morgan fingerprint density at radius 3 is 2.40 bits per heavy atom. The van der Waals surface area contributed by atoms with E-state index in [1.54, 1.807) is 38.3 Å². The predicted octanol–water partition coefficient (Wildman–Crippen LogP) is 4.90. The van der Waals surface area contributed by atoms with Crippen LogP contribution in [0, 0.1) is 35.0 Å². The monoisotopic (exact) mass is 964 g/mol. The van der Waals surface area contributed by atoms with Crippen molar-refractivity contribution in [2.75, 3.05) is 39.5 Å². The van der Waals surface area contributed by atoms with E-state index in [0.717, 1.165) is 31.3 Å². The highest BCUT2D eigenvalue weighted by Gasteiger charge is 2.40. The molecule has 3 aliphatic rings. The number of carbonyl (C=O) groups is 8. The van der Waals surface area contributed by atoms with Crippen LogP contribution in [0.5, 0.6) is 0 Å². The van der Waals surface area contributed by atoms with Gasteiger partial charge in [0, 0.05) is 82.5 Å². The second-order valence-electron chi connectivity index (χ2n) is 18.2. The molecule has 7 amide bonds. The Labute approximate surface area is 405 Å². The minimum absolute atomic E-state index is 0.0150. The maximum absolute atomic E-state index is 13.2. The van der Waals surface area contributed by atoms with Gasteiger partial charge in [-0.3, -0.25) is 33.7 Å². The Morgan fingerprint density at radius 1 is 1.03 bits per heavy atom. The van der Waals surface area contributed by atoms with E-state index in [1.807, 2.05) is 46.8 Å². The van der Waals surface area contributed by atoms with Gasteiger partial charge < -0.3 is 40.8 Å². The first-order valence-corrected chi connectivity index (χ1v) is 24.4. The third-order valence-corrected chi connectivity index (χ3v) is 12.9. The van der Waals surface area contributed by atoms with Gasteiger partial charge in [0.15, 0.2) is 5.76 Å². The molecule has 3 rings (SSSR count). The Hall–Kier alpha value is -5.83. The van der Waals surface area contributed by atoms with Crippen LogP contribution in [0.25, 0.3) is 0 Å². The molecule has 2 aliphatic heterocycles. The number of imide groups is 1. The summed E-state index contributed by atoms with van der Waals surface area (Å²) >= 11 is 1.31. The fourth-order valence-electron chi connectivity index (χ4n) is 7.79. The fraction of sp³-hybridized carbons (Fsp3) is 0.600. The van der Waals surface area contributed by atoms with Crippen LogP contribution in [0.3, 0.4) is 0 Å². The van der Waals surface area contributed by atoms with Crippen LogP contribution in [0.15, 0.2) is 60.1 Å². The predicted molar refractivity (Wildman–Crippen MR) is 260 cm³/mol. The third-order valence-electron chi connectivity index (χ3n) is 11.7. The number of hydrogen-bond donors (Lipinski definition) is 5. The van der Waals surface area contributed by atoms with Crippen LogP contribution in [-0.2, 0) is 47.8 Å². The van der Waals surface area contributed by atoms with E-state index in [1.165, 1.54) is 36.0 Å². The number of thioether (sulfide) groups is 1. The minimum Gasteiger partial charge on any atom is -0.490 e. The van der Waals surface area contributed by atoms with Gasteiger partial charge in [0.2, 0.25) is 35.4 Å². The van der Waals surface area contributed by atoms with Crippen molar-refractivity contribution in [1.82, 2.24) is 31.5 Å². The molecule has 1 unspecified atom stereocenters. The number of ether oxygens (including phenoxy) is 3. The van der Waals surface area contributed by atoms with Gasteiger partial charge >= 0.3 is 12.1 Å². The molecule has 374 valence electrons. The summed E-state index contributed by atoms with van der Waals surface area (Å²) in [5.74, 6) is 4.49. The Bertz CT molecular complexity index is 2000. The van der Waals surface area contributed by atoms with Gasteiger partial charge in [-0.05, 0) is 69.6 Å². The Balaban J connectivity index is 1.33. The van der Waals surface area contributed by atoms with Gasteiger partial charge in [-0.2, -0.15) is 0 Å². The number of rotatable bonds is 24. The minimum atomic E-state index is -0.875. The number of nitrogens with one attached hydrogen (secondary N) is 5. The zero-order valence-electron chi connectivity index (χ0n) is 40.9. The molecule has 68 heavy (non-hydrogen) atoms. The molecule has 1 aliphatic carbocycles. The summed E-state index contributed by atoms with van der Waals surface area (Å²) in [4.78, 5) is 102. The summed E-state index contributed by atoms with van der Waals surface area (Å²) in [6, 6.07) is -0.875. The number of carbonyl (C=O) groups excluding carboxylic acids is 8. The summed E-state index contributed by atoms with van der Waals surface area (Å²) in [6.45, 7) is 12.0. The van der Waals surface area contributed by atoms with E-state index in [4.69, 9.17) is 14.2 Å². The topological polar surface area (TPSA) is 228 Å². The Kier molecular flexibility index (Phi) is 24.2. The summed E-state index contributed by atoms with van der Waals surface area (Å²) in [7, 11) is 3.06. The summed E-state index contributed by atoms with van der Waals surface area (Å²) in [5.41, 5.74) is 0.285. The molecule has 2 heterocycles. The Morgan fingerprint density at radius 2 is 1.74 bits per heavy atom. The molecular formula is C50H72N6O11S. The number of amides is 7. The first kappa shape index (κ1) is 56.5. The van der Waals surface area contributed by atoms with E-state index >= 15 is 0 Å². The normalized spacial score (nSPS) is 21.3. The van der Waals surface area contributed by atoms with Crippen molar-refractivity contribution in [3.63, 3.8) is 0 Å². The highest BCUT2D eigenvalue weighted by Crippen LogP contribution is 2.33. The van der Waals surface area contributed by atoms with Gasteiger partial charge in [0.1, 0.15) is 18.2 Å². The molecule has 18 heteroatoms. The van der Waals surface area contributed by atoms with E-state index in [2.05, 4.69) is 38.4 Å². The van der Waals surface area contributed by atoms with E-state index in [9.17, 15) is 38.4 Å². The average Bonchev–Trinajstić information content (AvgIpc) is 3.56. The van der Waals surface area contributed by atoms with Crippen LogP contribution in [0.1, 0.15) is 106 Å². The van der Waals surface area contributed by atoms with Crippen molar-refractivity contribution < 1.29 is 52.6 Å². The summed E-state index contributed by atoms with van der Waals surface area (Å²) < 4.78 is 16.0. The number of esters is 1. The van der Waals surface area contributed by atoms with Crippen LogP contribution in [0.2, 0.25) is 0 Å². The third kappa shape index (κ3) is 19.8. The van der Waals surface area contributed by atoms with Gasteiger partial charge in [-0.1, -0.05) is 69.6 Å². The van der Waals surface area contributed by atoms with Crippen molar-refractivity contribution in [3.8, 4) is 11.8 Å². The number of nitrogens with zero attached hydrogens (tertiary/aromatic N) is 1. The van der Waals surface area contributed by atoms with Crippen LogP contribution >= 0.6 is 11.8 Å². The zero-order valence-corrected chi connectivity index (χ0v) is 41.7. The van der Waals surface area contributed by atoms with Crippen molar-refractivity contribution in [3.05, 3.63) is 60.1 Å². The van der Waals surface area contributed by atoms with Gasteiger partial charge in [-0.15, -0.1) is 17.7 Å². The SMILES string of the molecule is CC#CC[C@@H](C/C=C\NC(=O)[C@@H](NC(=O)\C=C/C=C\C(C)=C\[C@H](C)[C@@H]1CC=C(OC)C(=O)O1)C(C)(C)C)OC(=O)NCCCNC(=O)CCSC1CC(=O)N(CC2CCC(C(=O)NC)CC2)C1=O. The molecular weight excluding hydrogens is 893 g/mol. The van der Waals surface area contributed by atoms with Gasteiger partial charge in [0.05, 0.1) is 12.4 Å². The van der Waals surface area contributed by atoms with Crippen molar-refractivity contribution >= 4 is 59.3 Å². The van der Waals surface area contributed by atoms with Crippen molar-refractivity contribution in [2.45, 2.75) is 129 Å². The molecule has 0 aromatic heterocycles. The highest BCUT2D eigenvalue weighted by molar-refractivity contribution is 8.00. The number of allylic oxidation sites excluding steroid dienone is 4. The zero-order chi connectivity index (χ0) is 50.2. The quantitative estimate of drug-likeness (QED) is 0.0218. The lowest BCUT2D eigenvalue weighted by Crippen LogP contribution is -2.52. The molecule has 0 radical (unpaired) electrons. The number of hydrogen-bond acceptors (Lipinski definition) is 12. The van der Waals surface area contributed by atoms with Crippen molar-refractivity contribution in [2.24, 2.45) is 23.2 Å².